The first-order valence-corrected chi connectivity index (χ1v) is 6.01. The van der Waals surface area contributed by atoms with E-state index in [-0.39, 0.29) is 0 Å². The fourth-order valence-electron chi connectivity index (χ4n) is 1.85. The third kappa shape index (κ3) is 3.28. The van der Waals surface area contributed by atoms with Crippen molar-refractivity contribution < 1.29 is 0 Å². The van der Waals surface area contributed by atoms with Gasteiger partial charge in [0.05, 0.1) is 0 Å². The Bertz CT molecular complexity index is 517. The Morgan fingerprint density at radius 3 is 2.39 bits per heavy atom. The topological polar surface area (TPSA) is 63.8 Å². The van der Waals surface area contributed by atoms with Crippen LogP contribution in [0.4, 0.5) is 5.95 Å². The van der Waals surface area contributed by atoms with Gasteiger partial charge in [-0.05, 0) is 31.0 Å². The SMILES string of the molecule is Cc1cc(C)nc(NCc2cccc(CN)c2)n1. The Morgan fingerprint density at radius 2 is 1.72 bits per heavy atom. The molecule has 1 aromatic heterocycles. The van der Waals surface area contributed by atoms with Crippen molar-refractivity contribution in [1.29, 1.82) is 0 Å². The van der Waals surface area contributed by atoms with E-state index in [1.54, 1.807) is 0 Å². The van der Waals surface area contributed by atoms with E-state index >= 15 is 0 Å². The van der Waals surface area contributed by atoms with E-state index in [9.17, 15) is 0 Å². The van der Waals surface area contributed by atoms with Crippen molar-refractivity contribution in [3.05, 3.63) is 52.8 Å². The Hall–Kier alpha value is -1.94. The zero-order chi connectivity index (χ0) is 13.0. The zero-order valence-electron chi connectivity index (χ0n) is 10.8. The number of benzene rings is 1. The number of aryl methyl sites for hydroxylation is 2. The summed E-state index contributed by atoms with van der Waals surface area (Å²) in [5.41, 5.74) is 9.88. The van der Waals surface area contributed by atoms with Gasteiger partial charge in [-0.15, -0.1) is 0 Å². The van der Waals surface area contributed by atoms with Crippen LogP contribution in [-0.2, 0) is 13.1 Å². The molecule has 0 fully saturated rings. The lowest BCUT2D eigenvalue weighted by Gasteiger charge is -2.07. The van der Waals surface area contributed by atoms with E-state index in [2.05, 4.69) is 27.4 Å². The Balaban J connectivity index is 2.06. The normalized spacial score (nSPS) is 10.4. The Morgan fingerprint density at radius 1 is 1.06 bits per heavy atom. The van der Waals surface area contributed by atoms with Crippen molar-refractivity contribution in [2.45, 2.75) is 26.9 Å². The lowest BCUT2D eigenvalue weighted by molar-refractivity contribution is 0.996. The highest BCUT2D eigenvalue weighted by molar-refractivity contribution is 5.31. The summed E-state index contributed by atoms with van der Waals surface area (Å²) in [4.78, 5) is 8.69. The third-order valence-electron chi connectivity index (χ3n) is 2.66. The molecule has 4 heteroatoms. The number of nitrogens with one attached hydrogen (secondary N) is 1. The predicted molar refractivity (Wildman–Crippen MR) is 73.2 cm³/mol. The number of anilines is 1. The molecule has 0 radical (unpaired) electrons. The number of hydrogen-bond donors (Lipinski definition) is 2. The first-order chi connectivity index (χ1) is 8.67. The monoisotopic (exact) mass is 242 g/mol. The smallest absolute Gasteiger partial charge is 0.223 e. The van der Waals surface area contributed by atoms with Crippen LogP contribution in [0.1, 0.15) is 22.5 Å². The molecule has 2 aromatic rings. The molecular weight excluding hydrogens is 224 g/mol. The van der Waals surface area contributed by atoms with Crippen LogP contribution in [0.5, 0.6) is 0 Å². The molecule has 0 unspecified atom stereocenters. The van der Waals surface area contributed by atoms with Gasteiger partial charge in [0.25, 0.3) is 0 Å². The second kappa shape index (κ2) is 5.60. The van der Waals surface area contributed by atoms with Crippen molar-refractivity contribution in [3.63, 3.8) is 0 Å². The van der Waals surface area contributed by atoms with Crippen LogP contribution in [0.2, 0.25) is 0 Å². The minimum atomic E-state index is 0.563. The highest BCUT2D eigenvalue weighted by atomic mass is 15.1. The van der Waals surface area contributed by atoms with Crippen LogP contribution in [0.25, 0.3) is 0 Å². The van der Waals surface area contributed by atoms with Crippen molar-refractivity contribution in [2.24, 2.45) is 5.73 Å². The summed E-state index contributed by atoms with van der Waals surface area (Å²) >= 11 is 0. The van der Waals surface area contributed by atoms with Crippen LogP contribution >= 0.6 is 0 Å². The molecule has 0 aliphatic heterocycles. The highest BCUT2D eigenvalue weighted by Gasteiger charge is 2.00. The average Bonchev–Trinajstić information content (AvgIpc) is 2.35. The fraction of sp³-hybridized carbons (Fsp3) is 0.286. The number of aromatic nitrogens is 2. The van der Waals surface area contributed by atoms with Gasteiger partial charge >= 0.3 is 0 Å². The van der Waals surface area contributed by atoms with Crippen molar-refractivity contribution in [3.8, 4) is 0 Å². The van der Waals surface area contributed by atoms with Gasteiger partial charge in [0.15, 0.2) is 0 Å². The summed E-state index contributed by atoms with van der Waals surface area (Å²) in [5, 5.41) is 3.23. The van der Waals surface area contributed by atoms with Gasteiger partial charge in [0.2, 0.25) is 5.95 Å². The molecule has 0 saturated heterocycles. The van der Waals surface area contributed by atoms with Gasteiger partial charge in [-0.3, -0.25) is 0 Å². The van der Waals surface area contributed by atoms with E-state index in [1.807, 2.05) is 32.0 Å². The largest absolute Gasteiger partial charge is 0.350 e. The minimum absolute atomic E-state index is 0.563. The molecule has 2 rings (SSSR count). The van der Waals surface area contributed by atoms with Crippen molar-refractivity contribution >= 4 is 5.95 Å². The van der Waals surface area contributed by atoms with Crippen LogP contribution in [-0.4, -0.2) is 9.97 Å². The third-order valence-corrected chi connectivity index (χ3v) is 2.66. The summed E-state index contributed by atoms with van der Waals surface area (Å²) in [5.74, 6) is 0.672. The Kier molecular flexibility index (Phi) is 3.89. The minimum Gasteiger partial charge on any atom is -0.350 e. The summed E-state index contributed by atoms with van der Waals surface area (Å²) in [6.45, 7) is 5.20. The second-order valence-corrected chi connectivity index (χ2v) is 4.35. The lowest BCUT2D eigenvalue weighted by atomic mass is 10.1. The van der Waals surface area contributed by atoms with Crippen LogP contribution < -0.4 is 11.1 Å². The van der Waals surface area contributed by atoms with Gasteiger partial charge in [-0.1, -0.05) is 24.3 Å². The van der Waals surface area contributed by atoms with Gasteiger partial charge < -0.3 is 11.1 Å². The molecule has 1 heterocycles. The maximum atomic E-state index is 5.62. The van der Waals surface area contributed by atoms with Crippen LogP contribution in [0, 0.1) is 13.8 Å². The van der Waals surface area contributed by atoms with Crippen molar-refractivity contribution in [1.82, 2.24) is 9.97 Å². The molecule has 0 spiro atoms. The molecular formula is C14H18N4. The predicted octanol–water partition coefficient (Wildman–Crippen LogP) is 2.16. The molecule has 0 atom stereocenters. The summed E-state index contributed by atoms with van der Waals surface area (Å²) < 4.78 is 0. The number of nitrogens with two attached hydrogens (primary N) is 1. The average molecular weight is 242 g/mol. The van der Waals surface area contributed by atoms with Gasteiger partial charge in [0, 0.05) is 24.5 Å². The first kappa shape index (κ1) is 12.5. The molecule has 1 aromatic carbocycles. The highest BCUT2D eigenvalue weighted by Crippen LogP contribution is 2.08. The van der Waals surface area contributed by atoms with Gasteiger partial charge in [0.1, 0.15) is 0 Å². The van der Waals surface area contributed by atoms with E-state index in [1.165, 1.54) is 5.56 Å². The van der Waals surface area contributed by atoms with Gasteiger partial charge in [-0.2, -0.15) is 0 Å². The standard InChI is InChI=1S/C14H18N4/c1-10-6-11(2)18-14(17-10)16-9-13-5-3-4-12(7-13)8-15/h3-7H,8-9,15H2,1-2H3,(H,16,17,18). The quantitative estimate of drug-likeness (QED) is 0.862. The van der Waals surface area contributed by atoms with Crippen molar-refractivity contribution in [2.75, 3.05) is 5.32 Å². The fourth-order valence-corrected chi connectivity index (χ4v) is 1.85. The Labute approximate surface area is 107 Å². The molecule has 4 nitrogen and oxygen atoms in total. The number of hydrogen-bond acceptors (Lipinski definition) is 4. The molecule has 0 aliphatic rings. The van der Waals surface area contributed by atoms with Crippen LogP contribution in [0.15, 0.2) is 30.3 Å². The maximum Gasteiger partial charge on any atom is 0.223 e. The van der Waals surface area contributed by atoms with Gasteiger partial charge in [-0.25, -0.2) is 9.97 Å². The molecule has 18 heavy (non-hydrogen) atoms. The van der Waals surface area contributed by atoms with E-state index in [0.717, 1.165) is 17.0 Å². The second-order valence-electron chi connectivity index (χ2n) is 4.35. The zero-order valence-corrected chi connectivity index (χ0v) is 10.8. The van der Waals surface area contributed by atoms with E-state index < -0.39 is 0 Å². The first-order valence-electron chi connectivity index (χ1n) is 6.01. The molecule has 0 aliphatic carbocycles. The van der Waals surface area contributed by atoms with E-state index in [0.29, 0.717) is 19.0 Å². The maximum absolute atomic E-state index is 5.62. The molecule has 0 saturated carbocycles. The van der Waals surface area contributed by atoms with Crippen LogP contribution in [0.3, 0.4) is 0 Å². The summed E-state index contributed by atoms with van der Waals surface area (Å²) in [6, 6.07) is 10.2. The molecule has 0 amide bonds. The van der Waals surface area contributed by atoms with E-state index in [4.69, 9.17) is 5.73 Å². The molecule has 0 bridgehead atoms. The number of nitrogens with zero attached hydrogens (tertiary/aromatic N) is 2. The number of rotatable bonds is 4. The molecule has 3 N–H and O–H groups in total. The summed E-state index contributed by atoms with van der Waals surface area (Å²) in [6.07, 6.45) is 0. The summed E-state index contributed by atoms with van der Waals surface area (Å²) in [7, 11) is 0. The molecule has 94 valence electrons. The lowest BCUT2D eigenvalue weighted by Crippen LogP contribution is -2.06.